The van der Waals surface area contributed by atoms with Crippen molar-refractivity contribution in [2.24, 2.45) is 5.92 Å². The molecule has 108 valence electrons. The predicted molar refractivity (Wildman–Crippen MR) is 69.4 cm³/mol. The molecule has 0 bridgehead atoms. The first-order valence-corrected chi connectivity index (χ1v) is 6.24. The highest BCUT2D eigenvalue weighted by molar-refractivity contribution is 5.94. The highest BCUT2D eigenvalue weighted by atomic mass is 16.6. The number of pyridine rings is 1. The summed E-state index contributed by atoms with van der Waals surface area (Å²) >= 11 is 0. The second-order valence-corrected chi connectivity index (χ2v) is 4.94. The number of nitro groups is 1. The minimum atomic E-state index is -0.671. The van der Waals surface area contributed by atoms with Crippen LogP contribution in [0.15, 0.2) is 17.1 Å². The Morgan fingerprint density at radius 2 is 2.30 bits per heavy atom. The van der Waals surface area contributed by atoms with E-state index in [0.29, 0.717) is 19.5 Å². The standard InChI is InChI=1S/C12H15N3O5/c1-7-6-14(3-2-10(7)16)12(18)9-4-8(15(19)20)5-13-11(9)17/h4-5,7,10,16H,2-3,6H2,1H3,(H,13,17). The Hall–Kier alpha value is -2.22. The number of H-pyrrole nitrogens is 1. The maximum Gasteiger partial charge on any atom is 0.286 e. The molecule has 20 heavy (non-hydrogen) atoms. The van der Waals surface area contributed by atoms with Gasteiger partial charge in [-0.1, -0.05) is 6.92 Å². The number of carbonyl (C=O) groups excluding carboxylic acids is 1. The lowest BCUT2D eigenvalue weighted by Gasteiger charge is -2.34. The fourth-order valence-corrected chi connectivity index (χ4v) is 2.22. The van der Waals surface area contributed by atoms with E-state index in [4.69, 9.17) is 0 Å². The first-order valence-electron chi connectivity index (χ1n) is 6.24. The fraction of sp³-hybridized carbons (Fsp3) is 0.500. The number of piperidine rings is 1. The number of nitrogens with zero attached hydrogens (tertiary/aromatic N) is 2. The van der Waals surface area contributed by atoms with E-state index in [1.165, 1.54) is 4.90 Å². The molecule has 0 radical (unpaired) electrons. The van der Waals surface area contributed by atoms with Gasteiger partial charge < -0.3 is 15.0 Å². The smallest absolute Gasteiger partial charge is 0.286 e. The molecular formula is C12H15N3O5. The molecule has 8 nitrogen and oxygen atoms in total. The molecule has 2 rings (SSSR count). The van der Waals surface area contributed by atoms with Crippen LogP contribution in [0.1, 0.15) is 23.7 Å². The van der Waals surface area contributed by atoms with E-state index in [2.05, 4.69) is 4.98 Å². The maximum atomic E-state index is 12.2. The molecule has 2 atom stereocenters. The number of hydrogen-bond donors (Lipinski definition) is 2. The maximum absolute atomic E-state index is 12.2. The van der Waals surface area contributed by atoms with Gasteiger partial charge in [0, 0.05) is 19.2 Å². The average molecular weight is 281 g/mol. The highest BCUT2D eigenvalue weighted by Crippen LogP contribution is 2.18. The number of amides is 1. The van der Waals surface area contributed by atoms with Gasteiger partial charge in [0.25, 0.3) is 17.2 Å². The van der Waals surface area contributed by atoms with Gasteiger partial charge in [0.2, 0.25) is 0 Å². The summed E-state index contributed by atoms with van der Waals surface area (Å²) in [5, 5.41) is 20.3. The quantitative estimate of drug-likeness (QED) is 0.590. The van der Waals surface area contributed by atoms with Gasteiger partial charge in [0.1, 0.15) is 5.56 Å². The van der Waals surface area contributed by atoms with Crippen molar-refractivity contribution in [3.8, 4) is 0 Å². The highest BCUT2D eigenvalue weighted by Gasteiger charge is 2.29. The van der Waals surface area contributed by atoms with Crippen LogP contribution in [0.25, 0.3) is 0 Å². The van der Waals surface area contributed by atoms with Gasteiger partial charge in [-0.25, -0.2) is 0 Å². The van der Waals surface area contributed by atoms with Gasteiger partial charge in [-0.05, 0) is 12.3 Å². The first-order chi connectivity index (χ1) is 9.40. The average Bonchev–Trinajstić information content (AvgIpc) is 2.41. The molecule has 1 aliphatic rings. The van der Waals surface area contributed by atoms with Crippen LogP contribution >= 0.6 is 0 Å². The number of aliphatic hydroxyl groups is 1. The molecule has 1 saturated heterocycles. The number of rotatable bonds is 2. The molecule has 0 saturated carbocycles. The molecule has 0 aliphatic carbocycles. The number of nitrogens with one attached hydrogen (secondary N) is 1. The Kier molecular flexibility index (Phi) is 3.84. The molecule has 2 heterocycles. The van der Waals surface area contributed by atoms with Crippen LogP contribution in [0, 0.1) is 16.0 Å². The molecule has 2 unspecified atom stereocenters. The van der Waals surface area contributed by atoms with Gasteiger partial charge in [-0.2, -0.15) is 0 Å². The summed E-state index contributed by atoms with van der Waals surface area (Å²) in [5.74, 6) is -0.640. The lowest BCUT2D eigenvalue weighted by atomic mass is 9.96. The Morgan fingerprint density at radius 1 is 1.60 bits per heavy atom. The van der Waals surface area contributed by atoms with E-state index < -0.39 is 22.5 Å². The first kappa shape index (κ1) is 14.2. The molecule has 8 heteroatoms. The van der Waals surface area contributed by atoms with Gasteiger partial charge in [0.15, 0.2) is 0 Å². The van der Waals surface area contributed by atoms with Crippen LogP contribution in [-0.4, -0.2) is 45.0 Å². The van der Waals surface area contributed by atoms with Gasteiger partial charge in [-0.3, -0.25) is 19.7 Å². The molecule has 1 fully saturated rings. The normalized spacial score (nSPS) is 22.6. The molecule has 1 amide bonds. The molecule has 1 aliphatic heterocycles. The SMILES string of the molecule is CC1CN(C(=O)c2cc([N+](=O)[O-])c[nH]c2=O)CCC1O. The summed E-state index contributed by atoms with van der Waals surface area (Å²) in [5.41, 5.74) is -1.24. The van der Waals surface area contributed by atoms with Crippen molar-refractivity contribution < 1.29 is 14.8 Å². The molecule has 0 spiro atoms. The topological polar surface area (TPSA) is 117 Å². The van der Waals surface area contributed by atoms with Gasteiger partial charge in [0.05, 0.1) is 17.2 Å². The van der Waals surface area contributed by atoms with Crippen molar-refractivity contribution in [1.82, 2.24) is 9.88 Å². The summed E-state index contributed by atoms with van der Waals surface area (Å²) in [6.45, 7) is 2.45. The third-order valence-electron chi connectivity index (χ3n) is 3.48. The van der Waals surface area contributed by atoms with Crippen molar-refractivity contribution in [3.63, 3.8) is 0 Å². The molecule has 2 N–H and O–H groups in total. The molecule has 1 aromatic rings. The number of aliphatic hydroxyl groups excluding tert-OH is 1. The Bertz CT molecular complexity index is 597. The van der Waals surface area contributed by atoms with Crippen LogP contribution in [0.2, 0.25) is 0 Å². The van der Waals surface area contributed by atoms with E-state index in [1.807, 2.05) is 6.92 Å². The Labute approximate surface area is 114 Å². The summed E-state index contributed by atoms with van der Waals surface area (Å²) < 4.78 is 0. The van der Waals surface area contributed by atoms with Crippen molar-refractivity contribution in [2.45, 2.75) is 19.4 Å². The van der Waals surface area contributed by atoms with Gasteiger partial charge >= 0.3 is 0 Å². The van der Waals surface area contributed by atoms with E-state index in [9.17, 15) is 24.8 Å². The second kappa shape index (κ2) is 5.41. The third kappa shape index (κ3) is 2.69. The van der Waals surface area contributed by atoms with Crippen molar-refractivity contribution >= 4 is 11.6 Å². The van der Waals surface area contributed by atoms with E-state index in [0.717, 1.165) is 12.3 Å². The number of carbonyl (C=O) groups is 1. The minimum absolute atomic E-state index is 0.0921. The summed E-state index contributed by atoms with van der Waals surface area (Å²) in [6.07, 6.45) is 0.920. The van der Waals surface area contributed by atoms with E-state index >= 15 is 0 Å². The number of likely N-dealkylation sites (tertiary alicyclic amines) is 1. The Morgan fingerprint density at radius 3 is 2.90 bits per heavy atom. The largest absolute Gasteiger partial charge is 0.393 e. The summed E-state index contributed by atoms with van der Waals surface area (Å²) in [4.78, 5) is 37.5. The van der Waals surface area contributed by atoms with Crippen LogP contribution in [-0.2, 0) is 0 Å². The van der Waals surface area contributed by atoms with Crippen LogP contribution in [0.4, 0.5) is 5.69 Å². The van der Waals surface area contributed by atoms with E-state index in [-0.39, 0.29) is 17.2 Å². The summed E-state index contributed by atoms with van der Waals surface area (Å²) in [6, 6.07) is 0.983. The second-order valence-electron chi connectivity index (χ2n) is 4.94. The fourth-order valence-electron chi connectivity index (χ4n) is 2.22. The zero-order valence-electron chi connectivity index (χ0n) is 10.9. The number of aromatic nitrogens is 1. The lowest BCUT2D eigenvalue weighted by Crippen LogP contribution is -2.46. The van der Waals surface area contributed by atoms with Crippen LogP contribution in [0.3, 0.4) is 0 Å². The van der Waals surface area contributed by atoms with Crippen molar-refractivity contribution in [1.29, 1.82) is 0 Å². The van der Waals surface area contributed by atoms with E-state index in [1.54, 1.807) is 0 Å². The molecule has 0 aromatic carbocycles. The zero-order valence-corrected chi connectivity index (χ0v) is 10.9. The van der Waals surface area contributed by atoms with Crippen molar-refractivity contribution in [3.05, 3.63) is 38.3 Å². The van der Waals surface area contributed by atoms with Gasteiger partial charge in [-0.15, -0.1) is 0 Å². The van der Waals surface area contributed by atoms with Crippen molar-refractivity contribution in [2.75, 3.05) is 13.1 Å². The lowest BCUT2D eigenvalue weighted by molar-refractivity contribution is -0.385. The number of hydrogen-bond acceptors (Lipinski definition) is 5. The summed E-state index contributed by atoms with van der Waals surface area (Å²) in [7, 11) is 0. The number of aromatic amines is 1. The third-order valence-corrected chi connectivity index (χ3v) is 3.48. The minimum Gasteiger partial charge on any atom is -0.393 e. The monoisotopic (exact) mass is 281 g/mol. The zero-order chi connectivity index (χ0) is 14.9. The molecule has 1 aromatic heterocycles. The molecular weight excluding hydrogens is 266 g/mol. The van der Waals surface area contributed by atoms with Crippen LogP contribution in [0.5, 0.6) is 0 Å². The van der Waals surface area contributed by atoms with Crippen LogP contribution < -0.4 is 5.56 Å². The predicted octanol–water partition coefficient (Wildman–Crippen LogP) is 0.126. The Balaban J connectivity index is 2.27.